The summed E-state index contributed by atoms with van der Waals surface area (Å²) in [6, 6.07) is 0. The lowest BCUT2D eigenvalue weighted by atomic mass is 9.73. The largest absolute Gasteiger partial charge is 0.633 e. The van der Waals surface area contributed by atoms with E-state index in [0.717, 1.165) is 6.42 Å². The fourth-order valence-electron chi connectivity index (χ4n) is 2.72. The fourth-order valence-corrected chi connectivity index (χ4v) is 2.72. The van der Waals surface area contributed by atoms with Crippen LogP contribution >= 0.6 is 0 Å². The molecule has 0 amide bonds. The van der Waals surface area contributed by atoms with Crippen LogP contribution in [0.4, 0.5) is 0 Å². The van der Waals surface area contributed by atoms with Crippen LogP contribution in [-0.4, -0.2) is 24.0 Å². The van der Waals surface area contributed by atoms with Crippen molar-refractivity contribution in [2.24, 2.45) is 5.41 Å². The third kappa shape index (κ3) is 6.51. The molecule has 16 heavy (non-hydrogen) atoms. The molecule has 3 nitrogen and oxygen atoms in total. The Balaban J connectivity index is 4.23. The van der Waals surface area contributed by atoms with Crippen LogP contribution in [0.3, 0.4) is 0 Å². The van der Waals surface area contributed by atoms with Gasteiger partial charge in [-0.2, -0.15) is 0 Å². The number of hydrogen-bond acceptors (Lipinski definition) is 3. The van der Waals surface area contributed by atoms with Crippen LogP contribution in [0.2, 0.25) is 0 Å². The molecule has 0 aliphatic rings. The summed E-state index contributed by atoms with van der Waals surface area (Å²) in [5.41, 5.74) is 0.340. The minimum Gasteiger partial charge on any atom is -0.402 e. The molecule has 0 spiro atoms. The molecule has 0 aromatic carbocycles. The molecule has 0 aromatic rings. The van der Waals surface area contributed by atoms with Crippen LogP contribution in [0.5, 0.6) is 0 Å². The van der Waals surface area contributed by atoms with E-state index < -0.39 is 7.32 Å². The maximum absolute atomic E-state index is 8.67. The molecule has 0 aromatic heterocycles. The molecule has 0 rings (SSSR count). The number of rotatable bonds is 10. The smallest absolute Gasteiger partial charge is 0.402 e. The lowest BCUT2D eigenvalue weighted by molar-refractivity contribution is 0.118. The van der Waals surface area contributed by atoms with Gasteiger partial charge in [0.15, 0.2) is 0 Å². The molecule has 0 aliphatic carbocycles. The highest BCUT2D eigenvalue weighted by Gasteiger charge is 2.27. The van der Waals surface area contributed by atoms with Crippen molar-refractivity contribution in [3.8, 4) is 0 Å². The molecule has 0 fully saturated rings. The zero-order valence-electron chi connectivity index (χ0n) is 11.0. The van der Waals surface area contributed by atoms with E-state index in [0.29, 0.717) is 12.0 Å². The Morgan fingerprint density at radius 3 is 1.62 bits per heavy atom. The predicted octanol–water partition coefficient (Wildman–Crippen LogP) is 2.75. The molecule has 0 bridgehead atoms. The minimum absolute atomic E-state index is 0.340. The monoisotopic (exact) mass is 230 g/mol. The summed E-state index contributed by atoms with van der Waals surface area (Å²) < 4.78 is 4.85. The minimum atomic E-state index is -1.62. The Bertz CT molecular complexity index is 145. The first-order chi connectivity index (χ1) is 7.60. The fraction of sp³-hybridized carbons (Fsp3) is 1.00. The summed E-state index contributed by atoms with van der Waals surface area (Å²) in [7, 11) is -1.62. The molecular weight excluding hydrogens is 203 g/mol. The van der Waals surface area contributed by atoms with E-state index in [2.05, 4.69) is 20.8 Å². The van der Waals surface area contributed by atoms with Gasteiger partial charge in [0, 0.05) is 6.61 Å². The van der Waals surface area contributed by atoms with E-state index in [1.165, 1.54) is 38.5 Å². The van der Waals surface area contributed by atoms with Gasteiger partial charge in [0.05, 0.1) is 0 Å². The Morgan fingerprint density at radius 1 is 0.875 bits per heavy atom. The molecule has 0 atom stereocenters. The highest BCUT2D eigenvalue weighted by molar-refractivity contribution is 6.32. The average Bonchev–Trinajstić information content (AvgIpc) is 2.18. The van der Waals surface area contributed by atoms with Crippen molar-refractivity contribution >= 4 is 7.32 Å². The van der Waals surface area contributed by atoms with Gasteiger partial charge in [-0.3, -0.25) is 0 Å². The van der Waals surface area contributed by atoms with Gasteiger partial charge in [-0.15, -0.1) is 0 Å². The summed E-state index contributed by atoms with van der Waals surface area (Å²) in [5, 5.41) is 17.3. The lowest BCUT2D eigenvalue weighted by Crippen LogP contribution is -2.26. The lowest BCUT2D eigenvalue weighted by Gasteiger charge is -2.33. The Morgan fingerprint density at radius 2 is 1.31 bits per heavy atom. The molecular formula is C12H27BO3. The first-order valence-electron chi connectivity index (χ1n) is 6.58. The summed E-state index contributed by atoms with van der Waals surface area (Å²) in [6.07, 6.45) is 8.10. The maximum Gasteiger partial charge on any atom is 0.633 e. The SMILES string of the molecule is CCCC(CCC)(CCC)CCOB(O)O. The van der Waals surface area contributed by atoms with Crippen molar-refractivity contribution in [2.75, 3.05) is 6.61 Å². The molecule has 96 valence electrons. The molecule has 0 aliphatic heterocycles. The van der Waals surface area contributed by atoms with Gasteiger partial charge in [-0.05, 0) is 31.1 Å². The molecule has 4 heteroatoms. The van der Waals surface area contributed by atoms with Crippen molar-refractivity contribution in [2.45, 2.75) is 65.7 Å². The summed E-state index contributed by atoms with van der Waals surface area (Å²) in [4.78, 5) is 0. The van der Waals surface area contributed by atoms with E-state index in [1.54, 1.807) is 0 Å². The van der Waals surface area contributed by atoms with Crippen molar-refractivity contribution in [3.63, 3.8) is 0 Å². The summed E-state index contributed by atoms with van der Waals surface area (Å²) in [6.45, 7) is 7.07. The Kier molecular flexibility index (Phi) is 8.99. The molecule has 2 N–H and O–H groups in total. The second kappa shape index (κ2) is 9.02. The van der Waals surface area contributed by atoms with Gasteiger partial charge in [0.2, 0.25) is 0 Å². The first-order valence-corrected chi connectivity index (χ1v) is 6.58. The normalized spacial score (nSPS) is 11.8. The van der Waals surface area contributed by atoms with Crippen molar-refractivity contribution < 1.29 is 14.7 Å². The van der Waals surface area contributed by atoms with E-state index in [9.17, 15) is 0 Å². The zero-order valence-corrected chi connectivity index (χ0v) is 11.0. The van der Waals surface area contributed by atoms with Crippen molar-refractivity contribution in [1.82, 2.24) is 0 Å². The van der Waals surface area contributed by atoms with Crippen molar-refractivity contribution in [3.05, 3.63) is 0 Å². The van der Waals surface area contributed by atoms with Gasteiger partial charge >= 0.3 is 7.32 Å². The van der Waals surface area contributed by atoms with Crippen LogP contribution in [-0.2, 0) is 4.65 Å². The highest BCUT2D eigenvalue weighted by Crippen LogP contribution is 2.38. The van der Waals surface area contributed by atoms with Crippen LogP contribution in [0, 0.1) is 5.41 Å². The standard InChI is InChI=1S/C12H27BO3/c1-4-7-12(8-5-2,9-6-3)10-11-16-13(14)15/h14-15H,4-11H2,1-3H3. The second-order valence-corrected chi connectivity index (χ2v) is 4.70. The molecule has 0 saturated heterocycles. The van der Waals surface area contributed by atoms with Crippen LogP contribution in [0.1, 0.15) is 65.7 Å². The third-order valence-electron chi connectivity index (χ3n) is 3.24. The molecule has 0 radical (unpaired) electrons. The van der Waals surface area contributed by atoms with Gasteiger partial charge < -0.3 is 14.7 Å². The van der Waals surface area contributed by atoms with E-state index >= 15 is 0 Å². The van der Waals surface area contributed by atoms with Crippen LogP contribution in [0.15, 0.2) is 0 Å². The van der Waals surface area contributed by atoms with Gasteiger partial charge in [-0.1, -0.05) is 40.0 Å². The predicted molar refractivity (Wildman–Crippen MR) is 67.9 cm³/mol. The molecule has 0 unspecified atom stereocenters. The van der Waals surface area contributed by atoms with Crippen LogP contribution < -0.4 is 0 Å². The average molecular weight is 230 g/mol. The topological polar surface area (TPSA) is 49.7 Å². The van der Waals surface area contributed by atoms with Crippen molar-refractivity contribution in [1.29, 1.82) is 0 Å². The number of hydrogen-bond donors (Lipinski definition) is 2. The van der Waals surface area contributed by atoms with Gasteiger partial charge in [0.25, 0.3) is 0 Å². The van der Waals surface area contributed by atoms with Gasteiger partial charge in [0.1, 0.15) is 0 Å². The van der Waals surface area contributed by atoms with E-state index in [1.807, 2.05) is 0 Å². The summed E-state index contributed by atoms with van der Waals surface area (Å²) >= 11 is 0. The Labute approximate surface area is 100 Å². The quantitative estimate of drug-likeness (QED) is 0.567. The highest BCUT2D eigenvalue weighted by atomic mass is 16.6. The summed E-state index contributed by atoms with van der Waals surface area (Å²) in [5.74, 6) is 0. The zero-order chi connectivity index (χ0) is 12.4. The molecule has 0 saturated carbocycles. The maximum atomic E-state index is 8.67. The van der Waals surface area contributed by atoms with E-state index in [-0.39, 0.29) is 0 Å². The third-order valence-corrected chi connectivity index (χ3v) is 3.24. The second-order valence-electron chi connectivity index (χ2n) is 4.70. The van der Waals surface area contributed by atoms with Crippen LogP contribution in [0.25, 0.3) is 0 Å². The first kappa shape index (κ1) is 15.9. The van der Waals surface area contributed by atoms with Gasteiger partial charge in [-0.25, -0.2) is 0 Å². The molecule has 0 heterocycles. The van der Waals surface area contributed by atoms with E-state index in [4.69, 9.17) is 14.7 Å². The Hall–Kier alpha value is -0.0551.